The van der Waals surface area contributed by atoms with E-state index < -0.39 is 0 Å². The largest absolute Gasteiger partial charge is 0.378 e. The second kappa shape index (κ2) is 9.87. The van der Waals surface area contributed by atoms with Gasteiger partial charge in [-0.25, -0.2) is 9.37 Å². The Bertz CT molecular complexity index is 898. The van der Waals surface area contributed by atoms with Crippen LogP contribution in [-0.4, -0.2) is 61.1 Å². The quantitative estimate of drug-likeness (QED) is 0.794. The predicted molar refractivity (Wildman–Crippen MR) is 114 cm³/mol. The molecular formula is C23H27FN4O3. The second-order valence-corrected chi connectivity index (χ2v) is 7.94. The van der Waals surface area contributed by atoms with Crippen LogP contribution in [0.15, 0.2) is 42.6 Å². The Morgan fingerprint density at radius 2 is 1.87 bits per heavy atom. The lowest BCUT2D eigenvalue weighted by molar-refractivity contribution is -0.126. The monoisotopic (exact) mass is 426 g/mol. The Balaban J connectivity index is 1.29. The zero-order valence-electron chi connectivity index (χ0n) is 17.4. The molecule has 0 saturated carbocycles. The Morgan fingerprint density at radius 3 is 2.58 bits per heavy atom. The van der Waals surface area contributed by atoms with E-state index in [1.165, 1.54) is 24.3 Å². The number of nitrogens with one attached hydrogen (secondary N) is 1. The molecule has 4 rings (SSSR count). The van der Waals surface area contributed by atoms with Crippen LogP contribution in [0.2, 0.25) is 0 Å². The van der Waals surface area contributed by atoms with Gasteiger partial charge in [0.2, 0.25) is 5.91 Å². The number of pyridine rings is 1. The van der Waals surface area contributed by atoms with Crippen LogP contribution in [0.25, 0.3) is 0 Å². The molecule has 1 N–H and O–H groups in total. The average Bonchev–Trinajstić information content (AvgIpc) is 2.83. The molecule has 31 heavy (non-hydrogen) atoms. The van der Waals surface area contributed by atoms with Crippen LogP contribution in [0.5, 0.6) is 0 Å². The van der Waals surface area contributed by atoms with Crippen molar-refractivity contribution in [1.29, 1.82) is 0 Å². The Kier molecular flexibility index (Phi) is 6.76. The molecule has 2 aliphatic rings. The summed E-state index contributed by atoms with van der Waals surface area (Å²) in [5.41, 5.74) is 1.37. The number of benzene rings is 1. The molecule has 0 aliphatic carbocycles. The molecule has 2 aromatic rings. The summed E-state index contributed by atoms with van der Waals surface area (Å²) in [6, 6.07) is 9.46. The van der Waals surface area contributed by atoms with Gasteiger partial charge in [0.05, 0.1) is 19.1 Å². The van der Waals surface area contributed by atoms with Gasteiger partial charge in [-0.1, -0.05) is 6.07 Å². The Labute approximate surface area is 181 Å². The third-order valence-electron chi connectivity index (χ3n) is 5.78. The normalized spacial score (nSPS) is 19.2. The summed E-state index contributed by atoms with van der Waals surface area (Å²) in [5.74, 6) is 0.0634. The molecular weight excluding hydrogens is 399 g/mol. The van der Waals surface area contributed by atoms with Crippen LogP contribution < -0.4 is 10.2 Å². The standard InChI is InChI=1S/C23H27FN4O3/c24-20-6-4-18(5-7-20)23(30)28-9-1-2-19(16-28)22(29)26-15-17-3-8-21(25-14-17)27-10-12-31-13-11-27/h3-8,14,19H,1-2,9-13,15-16H2,(H,26,29). The number of anilines is 1. The van der Waals surface area contributed by atoms with Crippen molar-refractivity contribution < 1.29 is 18.7 Å². The minimum atomic E-state index is -0.375. The molecule has 2 aliphatic heterocycles. The number of halogens is 1. The first-order chi connectivity index (χ1) is 15.1. The summed E-state index contributed by atoms with van der Waals surface area (Å²) >= 11 is 0. The number of hydrogen-bond donors (Lipinski definition) is 1. The van der Waals surface area contributed by atoms with Crippen molar-refractivity contribution in [3.8, 4) is 0 Å². The number of likely N-dealkylation sites (tertiary alicyclic amines) is 1. The molecule has 0 bridgehead atoms. The van der Waals surface area contributed by atoms with Crippen LogP contribution >= 0.6 is 0 Å². The van der Waals surface area contributed by atoms with Gasteiger partial charge in [-0.15, -0.1) is 0 Å². The summed E-state index contributed by atoms with van der Waals surface area (Å²) in [4.78, 5) is 33.7. The molecule has 8 heteroatoms. The van der Waals surface area contributed by atoms with E-state index in [9.17, 15) is 14.0 Å². The molecule has 1 aromatic heterocycles. The number of carbonyl (C=O) groups excluding carboxylic acids is 2. The topological polar surface area (TPSA) is 74.8 Å². The lowest BCUT2D eigenvalue weighted by atomic mass is 9.96. The van der Waals surface area contributed by atoms with Gasteiger partial charge in [0, 0.05) is 44.5 Å². The van der Waals surface area contributed by atoms with Crippen molar-refractivity contribution in [3.63, 3.8) is 0 Å². The number of morpholine rings is 1. The number of piperidine rings is 1. The first kappa shape index (κ1) is 21.2. The van der Waals surface area contributed by atoms with Gasteiger partial charge >= 0.3 is 0 Å². The van der Waals surface area contributed by atoms with Crippen LogP contribution in [0.3, 0.4) is 0 Å². The maximum Gasteiger partial charge on any atom is 0.253 e. The summed E-state index contributed by atoms with van der Waals surface area (Å²) in [6.07, 6.45) is 3.30. The Hall–Kier alpha value is -3.00. The highest BCUT2D eigenvalue weighted by atomic mass is 19.1. The van der Waals surface area contributed by atoms with Gasteiger partial charge < -0.3 is 19.9 Å². The van der Waals surface area contributed by atoms with Crippen molar-refractivity contribution in [3.05, 3.63) is 59.5 Å². The average molecular weight is 426 g/mol. The van der Waals surface area contributed by atoms with E-state index in [4.69, 9.17) is 4.74 Å². The number of aromatic nitrogens is 1. The van der Waals surface area contributed by atoms with E-state index >= 15 is 0 Å². The number of amides is 2. The third-order valence-corrected chi connectivity index (χ3v) is 5.78. The second-order valence-electron chi connectivity index (χ2n) is 7.94. The zero-order valence-corrected chi connectivity index (χ0v) is 17.4. The molecule has 3 heterocycles. The molecule has 0 spiro atoms. The van der Waals surface area contributed by atoms with Crippen LogP contribution in [0.1, 0.15) is 28.8 Å². The van der Waals surface area contributed by atoms with Crippen molar-refractivity contribution in [2.45, 2.75) is 19.4 Å². The highest BCUT2D eigenvalue weighted by Crippen LogP contribution is 2.20. The number of hydrogen-bond acceptors (Lipinski definition) is 5. The summed E-state index contributed by atoms with van der Waals surface area (Å²) in [6.45, 7) is 4.46. The lowest BCUT2D eigenvalue weighted by Crippen LogP contribution is -2.45. The van der Waals surface area contributed by atoms with E-state index in [1.54, 1.807) is 11.1 Å². The van der Waals surface area contributed by atoms with Crippen molar-refractivity contribution in [2.24, 2.45) is 5.92 Å². The number of ether oxygens (including phenoxy) is 1. The van der Waals surface area contributed by atoms with Crippen LogP contribution in [0, 0.1) is 11.7 Å². The van der Waals surface area contributed by atoms with Gasteiger partial charge in [0.25, 0.3) is 5.91 Å². The molecule has 1 atom stereocenters. The maximum atomic E-state index is 13.1. The van der Waals surface area contributed by atoms with Crippen molar-refractivity contribution in [1.82, 2.24) is 15.2 Å². The van der Waals surface area contributed by atoms with Gasteiger partial charge in [-0.05, 0) is 48.7 Å². The first-order valence-corrected chi connectivity index (χ1v) is 10.7. The molecule has 164 valence electrons. The molecule has 1 aromatic carbocycles. The molecule has 2 saturated heterocycles. The van der Waals surface area contributed by atoms with E-state index in [2.05, 4.69) is 15.2 Å². The smallest absolute Gasteiger partial charge is 0.253 e. The fourth-order valence-electron chi connectivity index (χ4n) is 3.98. The lowest BCUT2D eigenvalue weighted by Gasteiger charge is -2.32. The van der Waals surface area contributed by atoms with Crippen LogP contribution in [0.4, 0.5) is 10.2 Å². The van der Waals surface area contributed by atoms with E-state index in [-0.39, 0.29) is 23.5 Å². The molecule has 7 nitrogen and oxygen atoms in total. The number of rotatable bonds is 5. The fourth-order valence-corrected chi connectivity index (χ4v) is 3.98. The molecule has 2 amide bonds. The maximum absolute atomic E-state index is 13.1. The molecule has 0 radical (unpaired) electrons. The van der Waals surface area contributed by atoms with Crippen LogP contribution in [-0.2, 0) is 16.1 Å². The van der Waals surface area contributed by atoms with Gasteiger partial charge in [-0.2, -0.15) is 0 Å². The highest BCUT2D eigenvalue weighted by Gasteiger charge is 2.28. The van der Waals surface area contributed by atoms with E-state index in [0.717, 1.165) is 37.3 Å². The number of nitrogens with zero attached hydrogens (tertiary/aromatic N) is 3. The van der Waals surface area contributed by atoms with Gasteiger partial charge in [-0.3, -0.25) is 9.59 Å². The minimum absolute atomic E-state index is 0.0612. The zero-order chi connectivity index (χ0) is 21.6. The summed E-state index contributed by atoms with van der Waals surface area (Å²) in [7, 11) is 0. The van der Waals surface area contributed by atoms with Crippen molar-refractivity contribution >= 4 is 17.6 Å². The number of carbonyl (C=O) groups is 2. The fraction of sp³-hybridized carbons (Fsp3) is 0.435. The summed E-state index contributed by atoms with van der Waals surface area (Å²) < 4.78 is 18.5. The third kappa shape index (κ3) is 5.38. The molecule has 1 unspecified atom stereocenters. The Morgan fingerprint density at radius 1 is 1.10 bits per heavy atom. The van der Waals surface area contributed by atoms with Crippen molar-refractivity contribution in [2.75, 3.05) is 44.3 Å². The van der Waals surface area contributed by atoms with Gasteiger partial charge in [0.15, 0.2) is 0 Å². The van der Waals surface area contributed by atoms with E-state index in [0.29, 0.717) is 38.4 Å². The van der Waals surface area contributed by atoms with E-state index in [1.807, 2.05) is 12.1 Å². The summed E-state index contributed by atoms with van der Waals surface area (Å²) in [5, 5.41) is 2.97. The highest BCUT2D eigenvalue weighted by molar-refractivity contribution is 5.94. The first-order valence-electron chi connectivity index (χ1n) is 10.7. The SMILES string of the molecule is O=C(NCc1ccc(N2CCOCC2)nc1)C1CCCN(C(=O)c2ccc(F)cc2)C1. The minimum Gasteiger partial charge on any atom is -0.378 e. The van der Waals surface area contributed by atoms with Gasteiger partial charge in [0.1, 0.15) is 11.6 Å². The predicted octanol–water partition coefficient (Wildman–Crippen LogP) is 2.23. The molecule has 2 fully saturated rings.